The van der Waals surface area contributed by atoms with Crippen LogP contribution in [0.1, 0.15) is 76.0 Å². The Morgan fingerprint density at radius 3 is 1.92 bits per heavy atom. The van der Waals surface area contributed by atoms with Crippen molar-refractivity contribution < 1.29 is 22.3 Å². The first-order valence-corrected chi connectivity index (χ1v) is 13.1. The second-order valence-corrected chi connectivity index (χ2v) is 9.98. The lowest BCUT2D eigenvalue weighted by atomic mass is 9.93. The first-order valence-electron chi connectivity index (χ1n) is 13.1. The summed E-state index contributed by atoms with van der Waals surface area (Å²) in [4.78, 5) is 0. The maximum absolute atomic E-state index is 15.0. The summed E-state index contributed by atoms with van der Waals surface area (Å²) in [6, 6.07) is 12.8. The van der Waals surface area contributed by atoms with Crippen LogP contribution in [0.25, 0.3) is 22.3 Å². The van der Waals surface area contributed by atoms with Gasteiger partial charge in [0.2, 0.25) is 0 Å². The van der Waals surface area contributed by atoms with Crippen LogP contribution in [0.4, 0.5) is 17.6 Å². The molecule has 0 N–H and O–H groups in total. The summed E-state index contributed by atoms with van der Waals surface area (Å²) in [7, 11) is 0. The van der Waals surface area contributed by atoms with Crippen molar-refractivity contribution in [1.82, 2.24) is 0 Å². The van der Waals surface area contributed by atoms with Gasteiger partial charge in [-0.1, -0.05) is 88.1 Å². The highest BCUT2D eigenvalue weighted by atomic mass is 19.2. The minimum atomic E-state index is -0.928. The Morgan fingerprint density at radius 1 is 0.694 bits per heavy atom. The maximum Gasteiger partial charge on any atom is 0.167 e. The van der Waals surface area contributed by atoms with Crippen molar-refractivity contribution >= 4 is 0 Å². The van der Waals surface area contributed by atoms with Gasteiger partial charge in [-0.05, 0) is 48.3 Å². The summed E-state index contributed by atoms with van der Waals surface area (Å²) in [5.74, 6) is -3.10. The van der Waals surface area contributed by atoms with E-state index in [2.05, 4.69) is 13.8 Å². The Balaban J connectivity index is 1.50. The van der Waals surface area contributed by atoms with Crippen molar-refractivity contribution in [2.24, 2.45) is 5.92 Å². The molecule has 4 rings (SSSR count). The first-order chi connectivity index (χ1) is 17.4. The minimum Gasteiger partial charge on any atom is -0.373 e. The monoisotopic (exact) mass is 498 g/mol. The van der Waals surface area contributed by atoms with Crippen LogP contribution in [0.3, 0.4) is 0 Å². The highest BCUT2D eigenvalue weighted by Gasteiger charge is 2.26. The van der Waals surface area contributed by atoms with E-state index in [1.807, 2.05) is 0 Å². The van der Waals surface area contributed by atoms with Gasteiger partial charge < -0.3 is 4.74 Å². The van der Waals surface area contributed by atoms with E-state index in [4.69, 9.17) is 4.74 Å². The van der Waals surface area contributed by atoms with Crippen molar-refractivity contribution in [1.29, 1.82) is 0 Å². The van der Waals surface area contributed by atoms with E-state index < -0.39 is 29.4 Å². The number of unbranched alkanes of at least 4 members (excludes halogenated alkanes) is 4. The van der Waals surface area contributed by atoms with E-state index in [1.54, 1.807) is 48.5 Å². The van der Waals surface area contributed by atoms with Crippen molar-refractivity contribution in [3.63, 3.8) is 0 Å². The number of ether oxygens (including phenoxy) is 1. The fraction of sp³-hybridized carbons (Fsp3) is 0.419. The fourth-order valence-corrected chi connectivity index (χ4v) is 4.92. The van der Waals surface area contributed by atoms with Crippen LogP contribution in [-0.2, 0) is 11.2 Å². The molecule has 0 bridgehead atoms. The lowest BCUT2D eigenvalue weighted by Crippen LogP contribution is -2.19. The van der Waals surface area contributed by atoms with E-state index in [0.717, 1.165) is 38.5 Å². The van der Waals surface area contributed by atoms with Crippen LogP contribution in [0, 0.1) is 29.2 Å². The van der Waals surface area contributed by atoms with Crippen LogP contribution < -0.4 is 0 Å². The highest BCUT2D eigenvalue weighted by Crippen LogP contribution is 2.36. The summed E-state index contributed by atoms with van der Waals surface area (Å²) < 4.78 is 65.2. The topological polar surface area (TPSA) is 9.23 Å². The third-order valence-electron chi connectivity index (χ3n) is 7.18. The molecule has 3 aromatic carbocycles. The summed E-state index contributed by atoms with van der Waals surface area (Å²) in [6.45, 7) is 4.74. The summed E-state index contributed by atoms with van der Waals surface area (Å²) in [5.41, 5.74) is 1.84. The Bertz CT molecular complexity index is 1160. The molecule has 2 unspecified atom stereocenters. The molecular weight excluding hydrogens is 464 g/mol. The molecule has 1 aliphatic rings. The van der Waals surface area contributed by atoms with Gasteiger partial charge in [-0.3, -0.25) is 0 Å². The Hall–Kier alpha value is -2.66. The largest absolute Gasteiger partial charge is 0.373 e. The average Bonchev–Trinajstić information content (AvgIpc) is 2.89. The molecule has 5 heteroatoms. The van der Waals surface area contributed by atoms with Gasteiger partial charge >= 0.3 is 0 Å². The van der Waals surface area contributed by atoms with Crippen molar-refractivity contribution in [2.45, 2.75) is 71.3 Å². The Kier molecular flexibility index (Phi) is 8.84. The van der Waals surface area contributed by atoms with E-state index in [1.165, 1.54) is 0 Å². The molecule has 36 heavy (non-hydrogen) atoms. The lowest BCUT2D eigenvalue weighted by Gasteiger charge is -2.27. The first kappa shape index (κ1) is 26.4. The zero-order valence-corrected chi connectivity index (χ0v) is 21.1. The number of aryl methyl sites for hydroxylation is 1. The van der Waals surface area contributed by atoms with Gasteiger partial charge in [0.15, 0.2) is 23.3 Å². The van der Waals surface area contributed by atoms with Crippen molar-refractivity contribution in [2.75, 3.05) is 6.61 Å². The SMILES string of the molecule is CCCCCCCc1ccc(-c2ccc(-c3ccc(C4CCC(C)CO4)c(F)c3F)cc2)c(F)c1F. The van der Waals surface area contributed by atoms with Crippen molar-refractivity contribution in [3.8, 4) is 22.3 Å². The molecule has 0 amide bonds. The molecule has 0 aromatic heterocycles. The molecule has 0 spiro atoms. The number of rotatable bonds is 9. The smallest absolute Gasteiger partial charge is 0.167 e. The second-order valence-electron chi connectivity index (χ2n) is 9.98. The Labute approximate surface area is 211 Å². The molecule has 3 aromatic rings. The zero-order valence-electron chi connectivity index (χ0n) is 21.1. The third-order valence-corrected chi connectivity index (χ3v) is 7.18. The van der Waals surface area contributed by atoms with Gasteiger partial charge in [-0.2, -0.15) is 0 Å². The molecule has 0 radical (unpaired) electrons. The van der Waals surface area contributed by atoms with Gasteiger partial charge in [0, 0.05) is 23.3 Å². The number of hydrogen-bond donors (Lipinski definition) is 0. The van der Waals surface area contributed by atoms with Gasteiger partial charge in [-0.15, -0.1) is 0 Å². The van der Waals surface area contributed by atoms with Crippen LogP contribution >= 0.6 is 0 Å². The van der Waals surface area contributed by atoms with Crippen LogP contribution in [0.15, 0.2) is 48.5 Å². The van der Waals surface area contributed by atoms with Crippen LogP contribution in [0.5, 0.6) is 0 Å². The Morgan fingerprint density at radius 2 is 1.31 bits per heavy atom. The van der Waals surface area contributed by atoms with Gasteiger partial charge in [0.05, 0.1) is 6.10 Å². The molecule has 192 valence electrons. The average molecular weight is 499 g/mol. The molecule has 1 nitrogen and oxygen atoms in total. The molecular formula is C31H34F4O. The predicted octanol–water partition coefficient (Wildman–Crippen LogP) is 9.58. The lowest BCUT2D eigenvalue weighted by molar-refractivity contribution is -0.0144. The van der Waals surface area contributed by atoms with E-state index >= 15 is 0 Å². The summed E-state index contributed by atoms with van der Waals surface area (Å²) >= 11 is 0. The normalized spacial score (nSPS) is 17.9. The highest BCUT2D eigenvalue weighted by molar-refractivity contribution is 5.71. The molecule has 0 saturated carbocycles. The number of hydrogen-bond acceptors (Lipinski definition) is 1. The second kappa shape index (κ2) is 12.1. The molecule has 2 atom stereocenters. The number of halogens is 4. The standard InChI is InChI=1S/C31H34F4O/c1-3-4-5-6-7-8-23-14-15-24(29(33)28(23)32)21-10-12-22(13-11-21)25-16-17-26(31(35)30(25)34)27-18-9-20(2)19-36-27/h10-17,20,27H,3-9,18-19H2,1-2H3. The van der Waals surface area contributed by atoms with Crippen molar-refractivity contribution in [3.05, 3.63) is 82.9 Å². The molecule has 1 aliphatic heterocycles. The van der Waals surface area contributed by atoms with E-state index in [-0.39, 0.29) is 16.7 Å². The third kappa shape index (κ3) is 5.83. The molecule has 1 heterocycles. The fourth-order valence-electron chi connectivity index (χ4n) is 4.92. The summed E-state index contributed by atoms with van der Waals surface area (Å²) in [5, 5.41) is 0. The van der Waals surface area contributed by atoms with Crippen LogP contribution in [-0.4, -0.2) is 6.61 Å². The van der Waals surface area contributed by atoms with Gasteiger partial charge in [-0.25, -0.2) is 17.6 Å². The molecule has 1 fully saturated rings. The van der Waals surface area contributed by atoms with Gasteiger partial charge in [0.25, 0.3) is 0 Å². The quantitative estimate of drug-likeness (QED) is 0.211. The maximum atomic E-state index is 15.0. The zero-order chi connectivity index (χ0) is 25.7. The minimum absolute atomic E-state index is 0.122. The summed E-state index contributed by atoms with van der Waals surface area (Å²) in [6.07, 6.45) is 6.87. The van der Waals surface area contributed by atoms with Gasteiger partial charge in [0.1, 0.15) is 0 Å². The van der Waals surface area contributed by atoms with E-state index in [9.17, 15) is 17.6 Å². The number of benzene rings is 3. The predicted molar refractivity (Wildman–Crippen MR) is 137 cm³/mol. The van der Waals surface area contributed by atoms with E-state index in [0.29, 0.717) is 42.1 Å². The molecule has 0 aliphatic carbocycles. The molecule has 1 saturated heterocycles. The van der Waals surface area contributed by atoms with Crippen LogP contribution in [0.2, 0.25) is 0 Å².